The number of nitrogens with zero attached hydrogens (tertiary/aromatic N) is 1. The molecule has 0 bridgehead atoms. The summed E-state index contributed by atoms with van der Waals surface area (Å²) in [5, 5.41) is 14.4. The van der Waals surface area contributed by atoms with Crippen molar-refractivity contribution in [2.45, 2.75) is 0 Å². The number of nitro benzene ring substituents is 1. The lowest BCUT2D eigenvalue weighted by molar-refractivity contribution is -0.384. The first-order valence-corrected chi connectivity index (χ1v) is 6.07. The summed E-state index contributed by atoms with van der Waals surface area (Å²) in [6, 6.07) is 5.20. The molecule has 1 aliphatic rings. The molecule has 0 aliphatic carbocycles. The van der Waals surface area contributed by atoms with Crippen LogP contribution in [0, 0.1) is 10.1 Å². The van der Waals surface area contributed by atoms with E-state index in [9.17, 15) is 24.5 Å². The summed E-state index contributed by atoms with van der Waals surface area (Å²) in [7, 11) is 0. The first-order valence-electron chi connectivity index (χ1n) is 5.26. The molecule has 2 N–H and O–H groups in total. The van der Waals surface area contributed by atoms with Crippen LogP contribution in [0.15, 0.2) is 35.2 Å². The predicted molar refractivity (Wildman–Crippen MR) is 70.9 cm³/mol. The number of hydrogen-bond donors (Lipinski definition) is 2. The normalized spacial score (nSPS) is 16.1. The number of benzene rings is 1. The highest BCUT2D eigenvalue weighted by Gasteiger charge is 2.25. The molecule has 1 saturated heterocycles. The Labute approximate surface area is 116 Å². The van der Waals surface area contributed by atoms with E-state index in [1.165, 1.54) is 24.3 Å². The molecule has 0 radical (unpaired) electrons. The van der Waals surface area contributed by atoms with E-state index in [0.717, 1.165) is 6.08 Å². The third-order valence-electron chi connectivity index (χ3n) is 2.25. The predicted octanol–water partition coefficient (Wildman–Crippen LogP) is 1.40. The molecule has 0 spiro atoms. The quantitative estimate of drug-likeness (QED) is 0.494. The van der Waals surface area contributed by atoms with Gasteiger partial charge >= 0.3 is 0 Å². The SMILES string of the molecule is O=C(/C=C1\SC(=O)NC1=O)Nc1ccc([N+](=O)[O-])cc1. The highest BCUT2D eigenvalue weighted by Crippen LogP contribution is 2.23. The van der Waals surface area contributed by atoms with Gasteiger partial charge in [-0.2, -0.15) is 0 Å². The van der Waals surface area contributed by atoms with Crippen molar-refractivity contribution in [1.29, 1.82) is 0 Å². The van der Waals surface area contributed by atoms with Crippen LogP contribution < -0.4 is 10.6 Å². The second-order valence-corrected chi connectivity index (χ2v) is 4.66. The monoisotopic (exact) mass is 293 g/mol. The lowest BCUT2D eigenvalue weighted by atomic mass is 10.3. The summed E-state index contributed by atoms with van der Waals surface area (Å²) in [5.41, 5.74) is 0.241. The van der Waals surface area contributed by atoms with E-state index >= 15 is 0 Å². The number of nitro groups is 1. The highest BCUT2D eigenvalue weighted by molar-refractivity contribution is 8.18. The fraction of sp³-hybridized carbons (Fsp3) is 0. The van der Waals surface area contributed by atoms with Gasteiger partial charge in [-0.25, -0.2) is 0 Å². The fourth-order valence-corrected chi connectivity index (χ4v) is 2.04. The number of non-ortho nitro benzene ring substituents is 1. The molecule has 8 nitrogen and oxygen atoms in total. The maximum Gasteiger partial charge on any atom is 0.290 e. The van der Waals surface area contributed by atoms with Crippen molar-refractivity contribution >= 4 is 40.2 Å². The van der Waals surface area contributed by atoms with Crippen molar-refractivity contribution in [1.82, 2.24) is 5.32 Å². The molecule has 1 heterocycles. The molecular weight excluding hydrogens is 286 g/mol. The summed E-state index contributed by atoms with van der Waals surface area (Å²) in [4.78, 5) is 43.6. The lowest BCUT2D eigenvalue weighted by Gasteiger charge is -2.01. The van der Waals surface area contributed by atoms with Gasteiger partial charge in [0, 0.05) is 23.9 Å². The number of imide groups is 1. The van der Waals surface area contributed by atoms with Crippen LogP contribution in [-0.2, 0) is 9.59 Å². The zero-order chi connectivity index (χ0) is 14.7. The Bertz CT molecular complexity index is 638. The smallest absolute Gasteiger partial charge is 0.290 e. The van der Waals surface area contributed by atoms with E-state index < -0.39 is 22.0 Å². The number of hydrogen-bond acceptors (Lipinski definition) is 6. The van der Waals surface area contributed by atoms with Gasteiger partial charge in [0.05, 0.1) is 9.83 Å². The molecule has 0 unspecified atom stereocenters. The molecule has 1 aromatic rings. The summed E-state index contributed by atoms with van der Waals surface area (Å²) in [6.07, 6.45) is 0.992. The molecule has 3 amide bonds. The number of carbonyl (C=O) groups excluding carboxylic acids is 3. The van der Waals surface area contributed by atoms with E-state index in [1.807, 2.05) is 5.32 Å². The molecule has 9 heteroatoms. The van der Waals surface area contributed by atoms with Crippen LogP contribution in [0.3, 0.4) is 0 Å². The maximum absolute atomic E-state index is 11.6. The summed E-state index contributed by atoms with van der Waals surface area (Å²) >= 11 is 0.630. The number of amides is 3. The third-order valence-corrected chi connectivity index (χ3v) is 3.06. The Hall–Kier alpha value is -2.68. The Morgan fingerprint density at radius 1 is 1.30 bits per heavy atom. The average molecular weight is 293 g/mol. The van der Waals surface area contributed by atoms with E-state index in [-0.39, 0.29) is 10.6 Å². The van der Waals surface area contributed by atoms with Gasteiger partial charge in [-0.15, -0.1) is 0 Å². The summed E-state index contributed by atoms with van der Waals surface area (Å²) in [5.74, 6) is -1.23. The minimum Gasteiger partial charge on any atom is -0.322 e. The average Bonchev–Trinajstić information content (AvgIpc) is 2.68. The molecule has 0 aromatic heterocycles. The number of nitrogens with one attached hydrogen (secondary N) is 2. The van der Waals surface area contributed by atoms with Gasteiger partial charge in [0.1, 0.15) is 0 Å². The fourth-order valence-electron chi connectivity index (χ4n) is 1.38. The van der Waals surface area contributed by atoms with Gasteiger partial charge in [-0.1, -0.05) is 0 Å². The first-order chi connectivity index (χ1) is 9.45. The van der Waals surface area contributed by atoms with Gasteiger partial charge in [0.15, 0.2) is 0 Å². The third kappa shape index (κ3) is 3.20. The van der Waals surface area contributed by atoms with Gasteiger partial charge in [-0.3, -0.25) is 29.8 Å². The minimum absolute atomic E-state index is 0.00517. The number of anilines is 1. The lowest BCUT2D eigenvalue weighted by Crippen LogP contribution is -2.18. The molecule has 0 atom stereocenters. The Balaban J connectivity index is 2.05. The van der Waals surface area contributed by atoms with Crippen molar-refractivity contribution in [3.05, 3.63) is 45.4 Å². The highest BCUT2D eigenvalue weighted by atomic mass is 32.2. The molecule has 1 aromatic carbocycles. The molecular formula is C11H7N3O5S. The standard InChI is InChI=1S/C11H7N3O5S/c15-9(5-8-10(16)13-11(17)20-8)12-6-1-3-7(4-2-6)14(18)19/h1-5H,(H,12,15)(H,13,16,17)/b8-5-. The number of thioether (sulfide) groups is 1. The Morgan fingerprint density at radius 2 is 1.95 bits per heavy atom. The second kappa shape index (κ2) is 5.53. The molecule has 20 heavy (non-hydrogen) atoms. The van der Waals surface area contributed by atoms with Crippen LogP contribution in [0.5, 0.6) is 0 Å². The van der Waals surface area contributed by atoms with Gasteiger partial charge < -0.3 is 5.32 Å². The molecule has 2 rings (SSSR count). The van der Waals surface area contributed by atoms with Crippen molar-refractivity contribution in [3.63, 3.8) is 0 Å². The molecule has 1 fully saturated rings. The molecule has 102 valence electrons. The van der Waals surface area contributed by atoms with Crippen LogP contribution >= 0.6 is 11.8 Å². The zero-order valence-electron chi connectivity index (χ0n) is 9.78. The van der Waals surface area contributed by atoms with Gasteiger partial charge in [0.25, 0.3) is 16.8 Å². The van der Waals surface area contributed by atoms with Gasteiger partial charge in [-0.05, 0) is 23.9 Å². The first kappa shape index (κ1) is 13.7. The summed E-state index contributed by atoms with van der Waals surface area (Å²) < 4.78 is 0. The minimum atomic E-state index is -0.626. The maximum atomic E-state index is 11.6. The Morgan fingerprint density at radius 3 is 2.45 bits per heavy atom. The van der Waals surface area contributed by atoms with Crippen LogP contribution in [0.1, 0.15) is 0 Å². The van der Waals surface area contributed by atoms with E-state index in [1.54, 1.807) is 0 Å². The Kier molecular flexibility index (Phi) is 3.80. The molecule has 0 saturated carbocycles. The van der Waals surface area contributed by atoms with Crippen molar-refractivity contribution in [3.8, 4) is 0 Å². The topological polar surface area (TPSA) is 118 Å². The number of rotatable bonds is 3. The number of carbonyl (C=O) groups is 3. The van der Waals surface area contributed by atoms with Gasteiger partial charge in [0.2, 0.25) is 5.91 Å². The van der Waals surface area contributed by atoms with E-state index in [0.29, 0.717) is 17.4 Å². The summed E-state index contributed by atoms with van der Waals surface area (Å²) in [6.45, 7) is 0. The van der Waals surface area contributed by atoms with E-state index in [4.69, 9.17) is 0 Å². The largest absolute Gasteiger partial charge is 0.322 e. The van der Waals surface area contributed by atoms with Crippen LogP contribution in [0.4, 0.5) is 16.2 Å². The zero-order valence-corrected chi connectivity index (χ0v) is 10.6. The van der Waals surface area contributed by atoms with Crippen LogP contribution in [-0.4, -0.2) is 22.0 Å². The van der Waals surface area contributed by atoms with Crippen molar-refractivity contribution in [2.75, 3.05) is 5.32 Å². The van der Waals surface area contributed by atoms with Crippen LogP contribution in [0.25, 0.3) is 0 Å². The van der Waals surface area contributed by atoms with E-state index in [2.05, 4.69) is 5.32 Å². The van der Waals surface area contributed by atoms with Crippen LogP contribution in [0.2, 0.25) is 0 Å². The van der Waals surface area contributed by atoms with Crippen molar-refractivity contribution in [2.24, 2.45) is 0 Å². The second-order valence-electron chi connectivity index (χ2n) is 3.65. The molecule has 1 aliphatic heterocycles. The van der Waals surface area contributed by atoms with Crippen molar-refractivity contribution < 1.29 is 19.3 Å².